The Hall–Kier alpha value is -3.26. The van der Waals surface area contributed by atoms with Crippen LogP contribution in [-0.2, 0) is 26.3 Å². The van der Waals surface area contributed by atoms with Crippen LogP contribution in [-0.4, -0.2) is 32.9 Å². The number of hydrogen-bond acceptors (Lipinski definition) is 7. The van der Waals surface area contributed by atoms with Crippen molar-refractivity contribution in [3.05, 3.63) is 66.2 Å². The van der Waals surface area contributed by atoms with Crippen molar-refractivity contribution in [3.8, 4) is 17.2 Å². The molecular weight excluding hydrogens is 432 g/mol. The van der Waals surface area contributed by atoms with E-state index in [4.69, 9.17) is 18.4 Å². The molecule has 0 saturated heterocycles. The molecule has 0 saturated carbocycles. The molecule has 0 radical (unpaired) electrons. The first-order valence-electron chi connectivity index (χ1n) is 10.1. The highest BCUT2D eigenvalue weighted by Gasteiger charge is 2.31. The van der Waals surface area contributed by atoms with Crippen molar-refractivity contribution in [3.63, 3.8) is 0 Å². The maximum Gasteiger partial charge on any atom is 0.349 e. The fraction of sp³-hybridized carbons (Fsp3) is 0.292. The molecule has 0 N–H and O–H groups in total. The third-order valence-electron chi connectivity index (χ3n) is 4.49. The normalized spacial score (nSPS) is 11.8. The molecule has 0 aliphatic carbocycles. The molecule has 0 bridgehead atoms. The zero-order chi connectivity index (χ0) is 23.4. The minimum Gasteiger partial charge on any atom is -0.489 e. The second kappa shape index (κ2) is 9.48. The van der Waals surface area contributed by atoms with E-state index in [1.807, 2.05) is 18.2 Å². The molecular formula is C24H26O7S. The van der Waals surface area contributed by atoms with E-state index in [-0.39, 0.29) is 5.75 Å². The van der Waals surface area contributed by atoms with Crippen LogP contribution in [0.25, 0.3) is 10.8 Å². The maximum atomic E-state index is 12.0. The van der Waals surface area contributed by atoms with Gasteiger partial charge in [0, 0.05) is 0 Å². The molecule has 0 aromatic heterocycles. The lowest BCUT2D eigenvalue weighted by molar-refractivity contribution is -0.158. The summed E-state index contributed by atoms with van der Waals surface area (Å²) in [6, 6.07) is 17.9. The van der Waals surface area contributed by atoms with E-state index in [9.17, 15) is 13.2 Å². The molecule has 0 unspecified atom stereocenters. The van der Waals surface area contributed by atoms with Gasteiger partial charge >= 0.3 is 16.1 Å². The van der Waals surface area contributed by atoms with E-state index in [0.29, 0.717) is 24.7 Å². The Bertz CT molecular complexity index is 1200. The Morgan fingerprint density at radius 1 is 0.875 bits per heavy atom. The van der Waals surface area contributed by atoms with E-state index >= 15 is 0 Å². The Balaban J connectivity index is 1.62. The second-order valence-electron chi connectivity index (χ2n) is 7.72. The van der Waals surface area contributed by atoms with Crippen LogP contribution in [0.1, 0.15) is 26.3 Å². The molecule has 3 rings (SSSR count). The molecule has 0 aliphatic rings. The molecule has 7 nitrogen and oxygen atoms in total. The molecule has 3 aromatic carbocycles. The molecule has 170 valence electrons. The molecule has 8 heteroatoms. The zero-order valence-electron chi connectivity index (χ0n) is 18.5. The Labute approximate surface area is 188 Å². The summed E-state index contributed by atoms with van der Waals surface area (Å²) in [6.07, 6.45) is 1.01. The van der Waals surface area contributed by atoms with Crippen LogP contribution in [0.4, 0.5) is 0 Å². The highest BCUT2D eigenvalue weighted by atomic mass is 32.2. The third-order valence-corrected chi connectivity index (χ3v) is 4.99. The first kappa shape index (κ1) is 23.4. The predicted octanol–water partition coefficient (Wildman–Crippen LogP) is 4.48. The van der Waals surface area contributed by atoms with E-state index < -0.39 is 21.7 Å². The van der Waals surface area contributed by atoms with Gasteiger partial charge in [-0.1, -0.05) is 18.2 Å². The standard InChI is InChI=1S/C24H26O7S/c1-5-28-23(25)24(2,3)30-21-12-10-20(11-13-21)29-16-17-6-7-19-15-22(31-32(4,26)27)9-8-18(19)14-17/h6-15H,5,16H2,1-4H3. The average Bonchev–Trinajstić information content (AvgIpc) is 2.72. The van der Waals surface area contributed by atoms with Gasteiger partial charge in [-0.05, 0) is 79.6 Å². The van der Waals surface area contributed by atoms with Crippen molar-refractivity contribution in [2.75, 3.05) is 12.9 Å². The summed E-state index contributed by atoms with van der Waals surface area (Å²) in [5.41, 5.74) is -0.131. The monoisotopic (exact) mass is 458 g/mol. The first-order chi connectivity index (χ1) is 15.1. The van der Waals surface area contributed by atoms with E-state index in [2.05, 4.69) is 0 Å². The van der Waals surface area contributed by atoms with Gasteiger partial charge in [-0.2, -0.15) is 8.42 Å². The topological polar surface area (TPSA) is 88.1 Å². The Morgan fingerprint density at radius 2 is 1.47 bits per heavy atom. The quantitative estimate of drug-likeness (QED) is 0.345. The third kappa shape index (κ3) is 6.37. The van der Waals surface area contributed by atoms with Crippen LogP contribution in [0.2, 0.25) is 0 Å². The van der Waals surface area contributed by atoms with Gasteiger partial charge in [0.15, 0.2) is 5.60 Å². The van der Waals surface area contributed by atoms with Gasteiger partial charge in [0.05, 0.1) is 12.9 Å². The largest absolute Gasteiger partial charge is 0.489 e. The van der Waals surface area contributed by atoms with Crippen LogP contribution >= 0.6 is 0 Å². The highest BCUT2D eigenvalue weighted by Crippen LogP contribution is 2.25. The van der Waals surface area contributed by atoms with Gasteiger partial charge in [-0.15, -0.1) is 0 Å². The molecule has 3 aromatic rings. The number of hydrogen-bond donors (Lipinski definition) is 0. The van der Waals surface area contributed by atoms with Crippen molar-refractivity contribution < 1.29 is 31.6 Å². The Kier molecular flexibility index (Phi) is 6.93. The summed E-state index contributed by atoms with van der Waals surface area (Å²) in [6.45, 7) is 5.71. The minimum atomic E-state index is -3.57. The number of carbonyl (C=O) groups is 1. The number of esters is 1. The van der Waals surface area contributed by atoms with Gasteiger partial charge in [-0.3, -0.25) is 0 Å². The predicted molar refractivity (Wildman–Crippen MR) is 122 cm³/mol. The first-order valence-corrected chi connectivity index (χ1v) is 11.9. The van der Waals surface area contributed by atoms with Crippen LogP contribution in [0, 0.1) is 0 Å². The average molecular weight is 459 g/mol. The van der Waals surface area contributed by atoms with E-state index in [1.165, 1.54) is 0 Å². The van der Waals surface area contributed by atoms with E-state index in [0.717, 1.165) is 22.6 Å². The van der Waals surface area contributed by atoms with Gasteiger partial charge in [0.25, 0.3) is 0 Å². The van der Waals surface area contributed by atoms with Gasteiger partial charge in [0.2, 0.25) is 0 Å². The summed E-state index contributed by atoms with van der Waals surface area (Å²) in [4.78, 5) is 12.0. The molecule has 0 heterocycles. The number of ether oxygens (including phenoxy) is 3. The van der Waals surface area contributed by atoms with Crippen LogP contribution < -0.4 is 13.7 Å². The summed E-state index contributed by atoms with van der Waals surface area (Å²) in [5.74, 6) is 1.04. The molecule has 0 fully saturated rings. The number of carbonyl (C=O) groups excluding carboxylic acids is 1. The smallest absolute Gasteiger partial charge is 0.349 e. The van der Waals surface area contributed by atoms with Crippen molar-refractivity contribution in [2.24, 2.45) is 0 Å². The molecule has 0 spiro atoms. The molecule has 0 amide bonds. The SMILES string of the molecule is CCOC(=O)C(C)(C)Oc1ccc(OCc2ccc3cc(OS(C)(=O)=O)ccc3c2)cc1. The maximum absolute atomic E-state index is 12.0. The summed E-state index contributed by atoms with van der Waals surface area (Å²) < 4.78 is 44.1. The lowest BCUT2D eigenvalue weighted by atomic mass is 10.1. The molecule has 0 aliphatic heterocycles. The van der Waals surface area contributed by atoms with Crippen LogP contribution in [0.15, 0.2) is 60.7 Å². The summed E-state index contributed by atoms with van der Waals surface area (Å²) >= 11 is 0. The van der Waals surface area contributed by atoms with Crippen LogP contribution in [0.5, 0.6) is 17.2 Å². The fourth-order valence-corrected chi connectivity index (χ4v) is 3.45. The van der Waals surface area contributed by atoms with Crippen LogP contribution in [0.3, 0.4) is 0 Å². The number of rotatable bonds is 9. The van der Waals surface area contributed by atoms with Crippen molar-refractivity contribution in [1.82, 2.24) is 0 Å². The summed E-state index contributed by atoms with van der Waals surface area (Å²) in [7, 11) is -3.57. The Morgan fingerprint density at radius 3 is 2.12 bits per heavy atom. The van der Waals surface area contributed by atoms with Gasteiger partial charge in [0.1, 0.15) is 23.9 Å². The van der Waals surface area contributed by atoms with Crippen molar-refractivity contribution in [2.45, 2.75) is 33.0 Å². The van der Waals surface area contributed by atoms with Crippen molar-refractivity contribution >= 4 is 26.9 Å². The highest BCUT2D eigenvalue weighted by molar-refractivity contribution is 7.86. The number of fused-ring (bicyclic) bond motifs is 1. The van der Waals surface area contributed by atoms with Gasteiger partial charge in [-0.25, -0.2) is 4.79 Å². The van der Waals surface area contributed by atoms with Crippen molar-refractivity contribution in [1.29, 1.82) is 0 Å². The molecule has 32 heavy (non-hydrogen) atoms. The fourth-order valence-electron chi connectivity index (χ4n) is 3.00. The minimum absolute atomic E-state index is 0.275. The van der Waals surface area contributed by atoms with E-state index in [1.54, 1.807) is 63.2 Å². The number of benzene rings is 3. The van der Waals surface area contributed by atoms with Gasteiger partial charge < -0.3 is 18.4 Å². The zero-order valence-corrected chi connectivity index (χ0v) is 19.3. The molecule has 0 atom stereocenters. The summed E-state index contributed by atoms with van der Waals surface area (Å²) in [5, 5.41) is 1.80. The second-order valence-corrected chi connectivity index (χ2v) is 9.30. The lowest BCUT2D eigenvalue weighted by Crippen LogP contribution is -2.39. The lowest BCUT2D eigenvalue weighted by Gasteiger charge is -2.24.